The Balaban J connectivity index is 0. The minimum Gasteiger partial charge on any atom is -1.00 e. The fourth-order valence-corrected chi connectivity index (χ4v) is 5.49. The van der Waals surface area contributed by atoms with E-state index in [1.54, 1.807) is 0 Å². The van der Waals surface area contributed by atoms with Crippen LogP contribution in [0.4, 0.5) is 9.41 Å². The molecule has 0 aliphatic carbocycles. The van der Waals surface area contributed by atoms with Crippen molar-refractivity contribution in [1.82, 2.24) is 0 Å². The van der Waals surface area contributed by atoms with Crippen LogP contribution in [0, 0.1) is 0 Å². The molecule has 0 saturated heterocycles. The fourth-order valence-electron chi connectivity index (χ4n) is 2.51. The van der Waals surface area contributed by atoms with E-state index in [0.29, 0.717) is 0 Å². The zero-order valence-corrected chi connectivity index (χ0v) is 13.7. The van der Waals surface area contributed by atoms with Gasteiger partial charge in [-0.3, -0.25) is 9.41 Å². The summed E-state index contributed by atoms with van der Waals surface area (Å²) in [7, 11) is -1.31. The molecule has 3 aromatic carbocycles. The van der Waals surface area contributed by atoms with Crippen molar-refractivity contribution < 1.29 is 29.7 Å². The second-order valence-electron chi connectivity index (χ2n) is 4.67. The van der Waals surface area contributed by atoms with E-state index < -0.39 is 8.80 Å². The van der Waals surface area contributed by atoms with Gasteiger partial charge in [0.2, 0.25) is 0 Å². The summed E-state index contributed by atoms with van der Waals surface area (Å²) >= 11 is 0. The number of rotatable bonds is 3. The molecule has 0 aliphatic heterocycles. The van der Waals surface area contributed by atoms with E-state index in [4.69, 9.17) is 0 Å². The third-order valence-electron chi connectivity index (χ3n) is 3.40. The third-order valence-corrected chi connectivity index (χ3v) is 6.55. The van der Waals surface area contributed by atoms with Crippen LogP contribution in [0.15, 0.2) is 91.0 Å². The van der Waals surface area contributed by atoms with Gasteiger partial charge in [0.05, 0.1) is 0 Å². The molecule has 0 nitrogen and oxygen atoms in total. The average Bonchev–Trinajstić information content (AvgIpc) is 2.51. The van der Waals surface area contributed by atoms with Gasteiger partial charge < -0.3 is 1.43 Å². The molecule has 0 radical (unpaired) electrons. The first kappa shape index (κ1) is 20.3. The molecular formula is C18H19F2LiSi. The topological polar surface area (TPSA) is 0 Å². The van der Waals surface area contributed by atoms with E-state index in [2.05, 4.69) is 91.0 Å². The monoisotopic (exact) mass is 308 g/mol. The zero-order chi connectivity index (χ0) is 12.9. The summed E-state index contributed by atoms with van der Waals surface area (Å²) in [5, 5.41) is 4.42. The maximum absolute atomic E-state index is 2.26. The second-order valence-corrected chi connectivity index (χ2v) is 7.53. The van der Waals surface area contributed by atoms with E-state index in [-0.39, 0.29) is 29.7 Å². The Morgan fingerprint density at radius 2 is 0.682 bits per heavy atom. The first-order chi connectivity index (χ1) is 9.45. The normalized spacial score (nSPS) is 9.14. The maximum Gasteiger partial charge on any atom is 1.00 e. The molecular weight excluding hydrogens is 289 g/mol. The van der Waals surface area contributed by atoms with Crippen LogP contribution in [0.5, 0.6) is 0 Å². The molecule has 110 valence electrons. The van der Waals surface area contributed by atoms with Crippen molar-refractivity contribution in [3.8, 4) is 0 Å². The molecule has 0 bridgehead atoms. The molecule has 0 N–H and O–H groups in total. The summed E-state index contributed by atoms with van der Waals surface area (Å²) in [6, 6.07) is 32.7. The zero-order valence-electron chi connectivity index (χ0n) is 13.6. The Hall–Kier alpha value is -1.67. The Morgan fingerprint density at radius 3 is 0.909 bits per heavy atom. The molecule has 0 spiro atoms. The van der Waals surface area contributed by atoms with E-state index in [1.165, 1.54) is 15.6 Å². The van der Waals surface area contributed by atoms with Crippen LogP contribution in [-0.4, -0.2) is 8.80 Å². The van der Waals surface area contributed by atoms with Gasteiger partial charge in [-0.25, -0.2) is 0 Å². The standard InChI is InChI=1S/C18H16Si.2FH.Li.H/c1-4-10-16(11-5-1)19(17-12-6-2-7-13-17)18-14-8-3-9-15-18;;;;/h1-15,19H;2*1H;;/q;;;+1;-1. The van der Waals surface area contributed by atoms with Gasteiger partial charge in [0, 0.05) is 0 Å². The number of benzene rings is 3. The quantitative estimate of drug-likeness (QED) is 0.446. The van der Waals surface area contributed by atoms with E-state index in [1.807, 2.05) is 0 Å². The summed E-state index contributed by atoms with van der Waals surface area (Å²) in [5.41, 5.74) is 0. The molecule has 3 aromatic rings. The van der Waals surface area contributed by atoms with Gasteiger partial charge in [0.1, 0.15) is 8.80 Å². The predicted molar refractivity (Wildman–Crippen MR) is 91.5 cm³/mol. The van der Waals surface area contributed by atoms with Gasteiger partial charge in [-0.05, 0) is 0 Å². The van der Waals surface area contributed by atoms with Crippen LogP contribution >= 0.6 is 0 Å². The molecule has 0 amide bonds. The molecule has 0 saturated carbocycles. The number of hydrogen-bond donors (Lipinski definition) is 0. The first-order valence-electron chi connectivity index (χ1n) is 6.60. The maximum atomic E-state index is 2.26. The molecule has 0 unspecified atom stereocenters. The van der Waals surface area contributed by atoms with Gasteiger partial charge >= 0.3 is 18.9 Å². The molecule has 0 atom stereocenters. The molecule has 4 heteroatoms. The minimum absolute atomic E-state index is 0. The van der Waals surface area contributed by atoms with Gasteiger partial charge in [0.25, 0.3) is 0 Å². The van der Waals surface area contributed by atoms with E-state index in [0.717, 1.165) is 0 Å². The fraction of sp³-hybridized carbons (Fsp3) is 0. The number of halogens is 2. The van der Waals surface area contributed by atoms with E-state index in [9.17, 15) is 0 Å². The Kier molecular flexibility index (Phi) is 9.36. The van der Waals surface area contributed by atoms with Crippen LogP contribution in [0.2, 0.25) is 0 Å². The van der Waals surface area contributed by atoms with Crippen LogP contribution < -0.4 is 34.4 Å². The SMILES string of the molecule is F.F.[H-].[Li+].c1ccc([SiH](c2ccccc2)c2ccccc2)cc1. The van der Waals surface area contributed by atoms with Crippen molar-refractivity contribution in [2.24, 2.45) is 0 Å². The van der Waals surface area contributed by atoms with Crippen molar-refractivity contribution >= 4 is 24.4 Å². The summed E-state index contributed by atoms with van der Waals surface area (Å²) < 4.78 is 0. The van der Waals surface area contributed by atoms with Crippen molar-refractivity contribution in [3.05, 3.63) is 91.0 Å². The molecule has 22 heavy (non-hydrogen) atoms. The van der Waals surface area contributed by atoms with Crippen LogP contribution in [0.1, 0.15) is 1.43 Å². The summed E-state index contributed by atoms with van der Waals surface area (Å²) in [6.45, 7) is 0. The van der Waals surface area contributed by atoms with Crippen molar-refractivity contribution in [1.29, 1.82) is 0 Å². The van der Waals surface area contributed by atoms with Crippen LogP contribution in [0.3, 0.4) is 0 Å². The van der Waals surface area contributed by atoms with Crippen molar-refractivity contribution in [3.63, 3.8) is 0 Å². The summed E-state index contributed by atoms with van der Waals surface area (Å²) in [6.07, 6.45) is 0. The second kappa shape index (κ2) is 10.1. The summed E-state index contributed by atoms with van der Waals surface area (Å²) in [4.78, 5) is 0. The Bertz CT molecular complexity index is 545. The van der Waals surface area contributed by atoms with Crippen molar-refractivity contribution in [2.75, 3.05) is 0 Å². The Morgan fingerprint density at radius 1 is 0.455 bits per heavy atom. The van der Waals surface area contributed by atoms with E-state index >= 15 is 0 Å². The smallest absolute Gasteiger partial charge is 1.00 e. The number of hydrogen-bond acceptors (Lipinski definition) is 0. The average molecular weight is 308 g/mol. The summed E-state index contributed by atoms with van der Waals surface area (Å²) in [5.74, 6) is 0. The third kappa shape index (κ3) is 4.67. The predicted octanol–water partition coefficient (Wildman–Crippen LogP) is -0.643. The van der Waals surface area contributed by atoms with Gasteiger partial charge in [0.15, 0.2) is 0 Å². The molecule has 3 rings (SSSR count). The minimum atomic E-state index is -1.31. The largest absolute Gasteiger partial charge is 1.00 e. The molecule has 0 fully saturated rings. The van der Waals surface area contributed by atoms with Gasteiger partial charge in [-0.15, -0.1) is 0 Å². The molecule has 0 heterocycles. The first-order valence-corrected chi connectivity index (χ1v) is 8.33. The van der Waals surface area contributed by atoms with Gasteiger partial charge in [-0.1, -0.05) is 107 Å². The molecule has 0 aromatic heterocycles. The Labute approximate surface area is 145 Å². The molecule has 0 aliphatic rings. The van der Waals surface area contributed by atoms with Crippen molar-refractivity contribution in [2.45, 2.75) is 0 Å². The van der Waals surface area contributed by atoms with Crippen LogP contribution in [0.25, 0.3) is 0 Å². The van der Waals surface area contributed by atoms with Crippen LogP contribution in [-0.2, 0) is 0 Å². The van der Waals surface area contributed by atoms with Gasteiger partial charge in [-0.2, -0.15) is 0 Å².